The van der Waals surface area contributed by atoms with Gasteiger partial charge in [-0.3, -0.25) is 0 Å². The molecule has 3 aliphatic heterocycles. The Bertz CT molecular complexity index is 744. The van der Waals surface area contributed by atoms with Crippen LogP contribution in [0.3, 0.4) is 0 Å². The van der Waals surface area contributed by atoms with Crippen LogP contribution in [0.25, 0.3) is 0 Å². The number of cyclic esters (lactones) is 1. The minimum atomic E-state index is -0.432. The highest BCUT2D eigenvalue weighted by Crippen LogP contribution is 2.42. The van der Waals surface area contributed by atoms with E-state index in [0.717, 1.165) is 47.5 Å². The van der Waals surface area contributed by atoms with Crippen molar-refractivity contribution in [3.8, 4) is 0 Å². The lowest BCUT2D eigenvalue weighted by molar-refractivity contribution is -0.136. The zero-order valence-electron chi connectivity index (χ0n) is 16.5. The van der Waals surface area contributed by atoms with Crippen LogP contribution in [-0.2, 0) is 9.53 Å². The topological polar surface area (TPSA) is 53.0 Å². The molecule has 0 aliphatic carbocycles. The number of aliphatic hydroxyl groups is 1. The summed E-state index contributed by atoms with van der Waals surface area (Å²) in [6.45, 7) is 7.17. The van der Waals surface area contributed by atoms with Crippen molar-refractivity contribution in [2.24, 2.45) is 5.41 Å². The summed E-state index contributed by atoms with van der Waals surface area (Å²) >= 11 is 3.44. The van der Waals surface area contributed by atoms with Crippen molar-refractivity contribution in [3.05, 3.63) is 45.6 Å². The molecule has 2 fully saturated rings. The second-order valence-corrected chi connectivity index (χ2v) is 9.42. The Kier molecular flexibility index (Phi) is 5.81. The van der Waals surface area contributed by atoms with Gasteiger partial charge in [-0.25, -0.2) is 4.79 Å². The molecule has 5 nitrogen and oxygen atoms in total. The minimum absolute atomic E-state index is 0.159. The molecule has 0 bridgehead atoms. The molecule has 0 amide bonds. The molecule has 1 unspecified atom stereocenters. The Morgan fingerprint density at radius 2 is 1.71 bits per heavy atom. The number of hydrogen-bond acceptors (Lipinski definition) is 5. The summed E-state index contributed by atoms with van der Waals surface area (Å²) in [5.41, 5.74) is 3.28. The third-order valence-corrected chi connectivity index (χ3v) is 7.42. The summed E-state index contributed by atoms with van der Waals surface area (Å²) in [7, 11) is 0. The average molecular weight is 449 g/mol. The number of rotatable bonds is 4. The van der Waals surface area contributed by atoms with Gasteiger partial charge in [0.2, 0.25) is 0 Å². The number of benzene rings is 1. The number of carbonyl (C=O) groups is 1. The molecule has 1 N–H and O–H groups in total. The van der Waals surface area contributed by atoms with Crippen LogP contribution < -0.4 is 0 Å². The van der Waals surface area contributed by atoms with Gasteiger partial charge in [-0.1, -0.05) is 28.1 Å². The van der Waals surface area contributed by atoms with Gasteiger partial charge in [-0.15, -0.1) is 0 Å². The molecular formula is C22H29BrN2O3. The predicted molar refractivity (Wildman–Crippen MR) is 112 cm³/mol. The van der Waals surface area contributed by atoms with Gasteiger partial charge in [0.05, 0.1) is 17.4 Å². The number of carbonyl (C=O) groups excluding carboxylic acids is 1. The molecule has 0 saturated carbocycles. The van der Waals surface area contributed by atoms with Crippen molar-refractivity contribution in [1.29, 1.82) is 0 Å². The first kappa shape index (κ1) is 19.9. The van der Waals surface area contributed by atoms with Crippen LogP contribution in [0.15, 0.2) is 40.0 Å². The number of β-amino-alcohol motifs (C(OH)–C–C–N with tert-alkyl or cyclic N) is 1. The fraction of sp³-hybridized carbons (Fsp3) is 0.591. The molecule has 3 aliphatic rings. The summed E-state index contributed by atoms with van der Waals surface area (Å²) < 4.78 is 6.21. The zero-order valence-corrected chi connectivity index (χ0v) is 18.1. The highest BCUT2D eigenvalue weighted by Gasteiger charge is 2.39. The van der Waals surface area contributed by atoms with E-state index in [1.54, 1.807) is 0 Å². The lowest BCUT2D eigenvalue weighted by Gasteiger charge is -2.47. The summed E-state index contributed by atoms with van der Waals surface area (Å²) in [5.74, 6) is -0.159. The van der Waals surface area contributed by atoms with Crippen molar-refractivity contribution in [3.63, 3.8) is 0 Å². The first-order chi connectivity index (χ1) is 13.5. The second-order valence-electron chi connectivity index (χ2n) is 8.50. The van der Waals surface area contributed by atoms with Crippen LogP contribution >= 0.6 is 15.9 Å². The molecule has 1 atom stereocenters. The molecule has 3 heterocycles. The van der Waals surface area contributed by atoms with E-state index in [0.29, 0.717) is 18.6 Å². The molecule has 2 saturated heterocycles. The second kappa shape index (κ2) is 8.17. The maximum atomic E-state index is 11.6. The summed E-state index contributed by atoms with van der Waals surface area (Å²) in [6.07, 6.45) is 4.32. The van der Waals surface area contributed by atoms with Gasteiger partial charge in [0.1, 0.15) is 6.61 Å². The molecule has 6 heteroatoms. The van der Waals surface area contributed by atoms with E-state index in [2.05, 4.69) is 25.7 Å². The van der Waals surface area contributed by atoms with Crippen molar-refractivity contribution in [2.45, 2.75) is 38.7 Å². The highest BCUT2D eigenvalue weighted by molar-refractivity contribution is 9.10. The number of aliphatic hydroxyl groups excluding tert-OH is 1. The lowest BCUT2D eigenvalue weighted by Crippen LogP contribution is -2.47. The van der Waals surface area contributed by atoms with Crippen LogP contribution in [0, 0.1) is 5.41 Å². The average Bonchev–Trinajstić information content (AvgIpc) is 3.04. The largest absolute Gasteiger partial charge is 0.456 e. The normalized spacial score (nSPS) is 24.0. The molecule has 152 valence electrons. The van der Waals surface area contributed by atoms with Crippen LogP contribution in [0.1, 0.15) is 44.3 Å². The van der Waals surface area contributed by atoms with Gasteiger partial charge < -0.3 is 19.6 Å². The predicted octanol–water partition coefficient (Wildman–Crippen LogP) is 3.49. The summed E-state index contributed by atoms with van der Waals surface area (Å²) in [5, 5.41) is 10.6. The fourth-order valence-electron chi connectivity index (χ4n) is 4.79. The lowest BCUT2D eigenvalue weighted by atomic mass is 9.71. The Morgan fingerprint density at radius 3 is 2.29 bits per heavy atom. The smallest absolute Gasteiger partial charge is 0.335 e. The Hall–Kier alpha value is -1.37. The molecule has 0 aromatic heterocycles. The van der Waals surface area contributed by atoms with E-state index in [1.807, 2.05) is 31.2 Å². The van der Waals surface area contributed by atoms with E-state index < -0.39 is 6.10 Å². The van der Waals surface area contributed by atoms with Crippen molar-refractivity contribution in [1.82, 2.24) is 9.80 Å². The molecule has 0 radical (unpaired) electrons. The van der Waals surface area contributed by atoms with Crippen LogP contribution in [0.2, 0.25) is 0 Å². The molecule has 28 heavy (non-hydrogen) atoms. The quantitative estimate of drug-likeness (QED) is 0.714. The highest BCUT2D eigenvalue weighted by atomic mass is 79.9. The first-order valence-electron chi connectivity index (χ1n) is 10.2. The van der Waals surface area contributed by atoms with E-state index >= 15 is 0 Å². The third kappa shape index (κ3) is 4.14. The van der Waals surface area contributed by atoms with Gasteiger partial charge in [0.15, 0.2) is 0 Å². The van der Waals surface area contributed by atoms with Crippen molar-refractivity contribution in [2.75, 3.05) is 39.3 Å². The van der Waals surface area contributed by atoms with E-state index in [-0.39, 0.29) is 5.97 Å². The van der Waals surface area contributed by atoms with Gasteiger partial charge in [0.25, 0.3) is 0 Å². The number of hydrogen-bond donors (Lipinski definition) is 1. The fourth-order valence-corrected chi connectivity index (χ4v) is 5.06. The number of piperidine rings is 2. The summed E-state index contributed by atoms with van der Waals surface area (Å²) in [4.78, 5) is 16.4. The van der Waals surface area contributed by atoms with Gasteiger partial charge in [0, 0.05) is 24.1 Å². The van der Waals surface area contributed by atoms with Gasteiger partial charge in [-0.05, 0) is 68.8 Å². The number of nitrogens with zero attached hydrogens (tertiary/aromatic N) is 2. The number of esters is 1. The Labute approximate surface area is 175 Å². The maximum Gasteiger partial charge on any atom is 0.335 e. The van der Waals surface area contributed by atoms with Crippen molar-refractivity contribution >= 4 is 21.9 Å². The summed E-state index contributed by atoms with van der Waals surface area (Å²) in [6, 6.07) is 7.95. The third-order valence-electron chi connectivity index (χ3n) is 6.89. The van der Waals surface area contributed by atoms with E-state index in [1.165, 1.54) is 25.7 Å². The molecule has 1 aromatic rings. The number of halogens is 1. The van der Waals surface area contributed by atoms with E-state index in [9.17, 15) is 9.90 Å². The molecule has 4 rings (SSSR count). The Morgan fingerprint density at radius 1 is 1.11 bits per heavy atom. The molecule has 1 spiro atoms. The number of ether oxygens (including phenoxy) is 1. The monoisotopic (exact) mass is 448 g/mol. The van der Waals surface area contributed by atoms with Gasteiger partial charge in [-0.2, -0.15) is 0 Å². The van der Waals surface area contributed by atoms with Crippen molar-refractivity contribution < 1.29 is 14.6 Å². The zero-order chi connectivity index (χ0) is 19.7. The number of likely N-dealkylation sites (tertiary alicyclic amines) is 2. The molecule has 1 aromatic carbocycles. The first-order valence-corrected chi connectivity index (χ1v) is 11.0. The maximum absolute atomic E-state index is 11.6. The van der Waals surface area contributed by atoms with Crippen LogP contribution in [0.4, 0.5) is 0 Å². The SMILES string of the molecule is CC1=C(N2CCC3(CCN(CC(O)c4ccc(Br)cc4)CC3)CC2)COC1=O. The molecular weight excluding hydrogens is 420 g/mol. The van der Waals surface area contributed by atoms with Crippen LogP contribution in [0.5, 0.6) is 0 Å². The standard InChI is InChI=1S/C22H29BrN2O3/c1-16-19(15-28-21(16)27)25-12-8-22(9-13-25)6-10-24(11-7-22)14-20(26)17-2-4-18(23)5-3-17/h2-5,20,26H,6-15H2,1H3. The van der Waals surface area contributed by atoms with Crippen LogP contribution in [-0.4, -0.2) is 60.2 Å². The van der Waals surface area contributed by atoms with Gasteiger partial charge >= 0.3 is 5.97 Å². The van der Waals surface area contributed by atoms with E-state index in [4.69, 9.17) is 4.74 Å². The Balaban J connectivity index is 1.27. The minimum Gasteiger partial charge on any atom is -0.456 e.